The molecule has 0 aliphatic heterocycles. The highest BCUT2D eigenvalue weighted by atomic mass is 32.2. The summed E-state index contributed by atoms with van der Waals surface area (Å²) < 4.78 is 17.1. The fourth-order valence-corrected chi connectivity index (χ4v) is 2.79. The van der Waals surface area contributed by atoms with Gasteiger partial charge in [-0.3, -0.25) is 9.00 Å². The second-order valence-corrected chi connectivity index (χ2v) is 6.10. The summed E-state index contributed by atoms with van der Waals surface area (Å²) in [6, 6.07) is 5.04. The Kier molecular flexibility index (Phi) is 4.92. The normalized spacial score (nSPS) is 14.0. The van der Waals surface area contributed by atoms with Gasteiger partial charge in [-0.1, -0.05) is 0 Å². The first-order valence-electron chi connectivity index (χ1n) is 6.41. The van der Waals surface area contributed by atoms with Crippen LogP contribution in [0.25, 0.3) is 11.0 Å². The zero-order valence-electron chi connectivity index (χ0n) is 11.9. The quantitative estimate of drug-likeness (QED) is 0.669. The molecule has 114 valence electrons. The van der Waals surface area contributed by atoms with Gasteiger partial charge in [-0.2, -0.15) is 0 Å². The molecular formula is C13H18N4O3S. The van der Waals surface area contributed by atoms with Crippen molar-refractivity contribution >= 4 is 33.4 Å². The number of amides is 1. The Hall–Kier alpha value is -1.93. The highest BCUT2D eigenvalue weighted by Gasteiger charge is 2.15. The summed E-state index contributed by atoms with van der Waals surface area (Å²) in [4.78, 5) is 18.9. The van der Waals surface area contributed by atoms with Crippen LogP contribution < -0.4 is 11.1 Å². The number of hydrogen-bond donors (Lipinski definition) is 3. The number of nitrogen functional groups attached to an aromatic ring is 1. The number of carbonyl (C=O) groups excluding carboxylic acids is 1. The Morgan fingerprint density at radius 3 is 3.05 bits per heavy atom. The maximum absolute atomic E-state index is 12.1. The number of anilines is 1. The van der Waals surface area contributed by atoms with Crippen molar-refractivity contribution in [3.8, 4) is 0 Å². The van der Waals surface area contributed by atoms with Crippen LogP contribution in [-0.2, 0) is 20.3 Å². The van der Waals surface area contributed by atoms with Gasteiger partial charge >= 0.3 is 0 Å². The number of carbonyl (C=O) groups is 1. The van der Waals surface area contributed by atoms with E-state index in [1.807, 2.05) is 6.92 Å². The van der Waals surface area contributed by atoms with Gasteiger partial charge in [-0.05, 0) is 25.1 Å². The number of fused-ring (bicyclic) bond motifs is 1. The van der Waals surface area contributed by atoms with E-state index in [9.17, 15) is 9.00 Å². The molecule has 0 spiro atoms. The molecule has 2 atom stereocenters. The lowest BCUT2D eigenvalue weighted by atomic mass is 10.3. The molecule has 4 N–H and O–H groups in total. The Balaban J connectivity index is 2.03. The summed E-state index contributed by atoms with van der Waals surface area (Å²) in [6.07, 6.45) is 0. The largest absolute Gasteiger partial charge is 0.399 e. The van der Waals surface area contributed by atoms with E-state index in [0.717, 1.165) is 0 Å². The van der Waals surface area contributed by atoms with Crippen LogP contribution in [0.15, 0.2) is 23.4 Å². The number of aromatic amines is 1. The molecule has 1 heterocycles. The van der Waals surface area contributed by atoms with Crippen LogP contribution in [0.4, 0.5) is 5.69 Å². The molecule has 0 saturated heterocycles. The topological polar surface area (TPSA) is 110 Å². The minimum absolute atomic E-state index is 0.130. The molecule has 2 rings (SSSR count). The molecule has 2 aromatic rings. The fourth-order valence-electron chi connectivity index (χ4n) is 1.91. The molecule has 8 heteroatoms. The highest BCUT2D eigenvalue weighted by molar-refractivity contribution is 7.85. The minimum atomic E-state index is -1.53. The molecule has 0 saturated carbocycles. The van der Waals surface area contributed by atoms with Crippen LogP contribution in [0.3, 0.4) is 0 Å². The average Bonchev–Trinajstić information content (AvgIpc) is 2.81. The van der Waals surface area contributed by atoms with E-state index in [4.69, 9.17) is 10.5 Å². The number of hydrogen-bond acceptors (Lipinski definition) is 5. The maximum atomic E-state index is 12.1. The first-order chi connectivity index (χ1) is 9.99. The SMILES string of the molecule is COCC(C)NC(=O)CS(=O)c1nc2ccc(N)cc2[nH]1. The van der Waals surface area contributed by atoms with Crippen molar-refractivity contribution < 1.29 is 13.7 Å². The van der Waals surface area contributed by atoms with Crippen molar-refractivity contribution in [2.45, 2.75) is 18.1 Å². The van der Waals surface area contributed by atoms with Gasteiger partial charge < -0.3 is 20.8 Å². The molecule has 1 aromatic carbocycles. The number of H-pyrrole nitrogens is 1. The van der Waals surface area contributed by atoms with Crippen molar-refractivity contribution in [2.24, 2.45) is 0 Å². The van der Waals surface area contributed by atoms with Crippen LogP contribution in [0.2, 0.25) is 0 Å². The lowest BCUT2D eigenvalue weighted by Crippen LogP contribution is -2.38. The highest BCUT2D eigenvalue weighted by Crippen LogP contribution is 2.16. The Morgan fingerprint density at radius 2 is 2.33 bits per heavy atom. The fraction of sp³-hybridized carbons (Fsp3) is 0.385. The minimum Gasteiger partial charge on any atom is -0.399 e. The number of nitrogens with zero attached hydrogens (tertiary/aromatic N) is 1. The van der Waals surface area contributed by atoms with Crippen LogP contribution in [0.5, 0.6) is 0 Å². The molecule has 1 aromatic heterocycles. The first-order valence-corrected chi connectivity index (χ1v) is 7.73. The summed E-state index contributed by atoms with van der Waals surface area (Å²) in [7, 11) is 0.0230. The number of nitrogens with one attached hydrogen (secondary N) is 2. The van der Waals surface area contributed by atoms with Crippen molar-refractivity contribution in [3.05, 3.63) is 18.2 Å². The van der Waals surface area contributed by atoms with Gasteiger partial charge in [0.25, 0.3) is 0 Å². The number of rotatable bonds is 6. The number of aromatic nitrogens is 2. The third kappa shape index (κ3) is 4.02. The number of imidazole rings is 1. The second-order valence-electron chi connectivity index (χ2n) is 4.73. The number of benzene rings is 1. The summed E-state index contributed by atoms with van der Waals surface area (Å²) in [5, 5.41) is 2.97. The van der Waals surface area contributed by atoms with Gasteiger partial charge in [0, 0.05) is 18.8 Å². The zero-order valence-corrected chi connectivity index (χ0v) is 12.7. The van der Waals surface area contributed by atoms with E-state index >= 15 is 0 Å². The third-order valence-corrected chi connectivity index (χ3v) is 3.94. The van der Waals surface area contributed by atoms with Gasteiger partial charge in [0.05, 0.1) is 28.4 Å². The van der Waals surface area contributed by atoms with Crippen LogP contribution in [0, 0.1) is 0 Å². The molecule has 0 aliphatic rings. The van der Waals surface area contributed by atoms with Gasteiger partial charge in [0.15, 0.2) is 5.16 Å². The van der Waals surface area contributed by atoms with E-state index in [-0.39, 0.29) is 22.9 Å². The van der Waals surface area contributed by atoms with Gasteiger partial charge in [0.2, 0.25) is 5.91 Å². The van der Waals surface area contributed by atoms with Crippen molar-refractivity contribution in [1.82, 2.24) is 15.3 Å². The number of nitrogens with two attached hydrogens (primary N) is 1. The van der Waals surface area contributed by atoms with E-state index in [2.05, 4.69) is 15.3 Å². The Bertz CT molecular complexity index is 670. The second kappa shape index (κ2) is 6.68. The average molecular weight is 310 g/mol. The predicted molar refractivity (Wildman–Crippen MR) is 81.3 cm³/mol. The smallest absolute Gasteiger partial charge is 0.233 e. The molecule has 0 bridgehead atoms. The first kappa shape index (κ1) is 15.5. The molecule has 0 radical (unpaired) electrons. The van der Waals surface area contributed by atoms with E-state index < -0.39 is 10.8 Å². The van der Waals surface area contributed by atoms with Crippen molar-refractivity contribution in [3.63, 3.8) is 0 Å². The van der Waals surface area contributed by atoms with Crippen molar-refractivity contribution in [1.29, 1.82) is 0 Å². The summed E-state index contributed by atoms with van der Waals surface area (Å²) in [6.45, 7) is 2.22. The van der Waals surface area contributed by atoms with Gasteiger partial charge in [0.1, 0.15) is 5.75 Å². The van der Waals surface area contributed by atoms with Gasteiger partial charge in [-0.15, -0.1) is 0 Å². The molecule has 7 nitrogen and oxygen atoms in total. The zero-order chi connectivity index (χ0) is 15.4. The summed E-state index contributed by atoms with van der Waals surface area (Å²) in [5.74, 6) is -0.457. The summed E-state index contributed by atoms with van der Waals surface area (Å²) in [5.41, 5.74) is 7.63. The van der Waals surface area contributed by atoms with Gasteiger partial charge in [-0.25, -0.2) is 4.98 Å². The molecular weight excluding hydrogens is 292 g/mol. The van der Waals surface area contributed by atoms with E-state index in [0.29, 0.717) is 23.3 Å². The molecule has 0 fully saturated rings. The lowest BCUT2D eigenvalue weighted by Gasteiger charge is -2.11. The molecule has 0 aliphatic carbocycles. The number of ether oxygens (including phenoxy) is 1. The lowest BCUT2D eigenvalue weighted by molar-refractivity contribution is -0.119. The molecule has 1 amide bonds. The van der Waals surface area contributed by atoms with E-state index in [1.165, 1.54) is 0 Å². The number of methoxy groups -OCH3 is 1. The Morgan fingerprint density at radius 1 is 1.57 bits per heavy atom. The molecule has 21 heavy (non-hydrogen) atoms. The summed E-state index contributed by atoms with van der Waals surface area (Å²) >= 11 is 0. The van der Waals surface area contributed by atoms with E-state index in [1.54, 1.807) is 25.3 Å². The Labute approximate surface area is 124 Å². The maximum Gasteiger partial charge on any atom is 0.233 e. The van der Waals surface area contributed by atoms with Crippen LogP contribution >= 0.6 is 0 Å². The monoisotopic (exact) mass is 310 g/mol. The van der Waals surface area contributed by atoms with Crippen molar-refractivity contribution in [2.75, 3.05) is 25.2 Å². The predicted octanol–water partition coefficient (Wildman–Crippen LogP) is 0.404. The standard InChI is InChI=1S/C13H18N4O3S/c1-8(6-20-2)15-12(18)7-21(19)13-16-10-4-3-9(14)5-11(10)17-13/h3-5,8H,6-7,14H2,1-2H3,(H,15,18)(H,16,17). The molecule has 2 unspecified atom stereocenters. The third-order valence-electron chi connectivity index (χ3n) is 2.79. The van der Waals surface area contributed by atoms with Crippen LogP contribution in [0.1, 0.15) is 6.92 Å². The van der Waals surface area contributed by atoms with Crippen LogP contribution in [-0.4, -0.2) is 45.6 Å².